The second-order valence-corrected chi connectivity index (χ2v) is 5.16. The summed E-state index contributed by atoms with van der Waals surface area (Å²) in [5.74, 6) is 1.06. The fourth-order valence-corrected chi connectivity index (χ4v) is 2.86. The third-order valence-corrected chi connectivity index (χ3v) is 3.77. The van der Waals surface area contributed by atoms with Gasteiger partial charge in [0.1, 0.15) is 11.5 Å². The van der Waals surface area contributed by atoms with E-state index in [4.69, 9.17) is 4.74 Å². The predicted molar refractivity (Wildman–Crippen MR) is 79.9 cm³/mol. The first kappa shape index (κ1) is 14.0. The number of alkyl halides is 1. The molecule has 19 heavy (non-hydrogen) atoms. The lowest BCUT2D eigenvalue weighted by Crippen LogP contribution is -1.90. The minimum atomic E-state index is -0.448. The first-order chi connectivity index (χ1) is 9.10. The Bertz CT molecular complexity index is 617. The second kappa shape index (κ2) is 6.16. The first-order valence-electron chi connectivity index (χ1n) is 5.37. The largest absolute Gasteiger partial charge is 0.457 e. The van der Waals surface area contributed by atoms with Crippen molar-refractivity contribution in [1.29, 1.82) is 0 Å². The molecule has 0 N–H and O–H groups in total. The van der Waals surface area contributed by atoms with Crippen molar-refractivity contribution in [3.05, 3.63) is 62.6 Å². The topological polar surface area (TPSA) is 52.4 Å². The van der Waals surface area contributed by atoms with Crippen molar-refractivity contribution in [1.82, 2.24) is 0 Å². The zero-order valence-corrected chi connectivity index (χ0v) is 12.8. The number of nitro benzene ring substituents is 1. The summed E-state index contributed by atoms with van der Waals surface area (Å²) in [4.78, 5) is 10.2. The summed E-state index contributed by atoms with van der Waals surface area (Å²) in [6.07, 6.45) is 0. The minimum absolute atomic E-state index is 0.00800. The SMILES string of the molecule is O=[N+]([O-])c1cccc(Oc2ccc(CBr)c(Br)c2)c1. The first-order valence-corrected chi connectivity index (χ1v) is 7.28. The quantitative estimate of drug-likeness (QED) is 0.420. The lowest BCUT2D eigenvalue weighted by molar-refractivity contribution is -0.384. The van der Waals surface area contributed by atoms with Gasteiger partial charge in [-0.25, -0.2) is 0 Å². The summed E-state index contributed by atoms with van der Waals surface area (Å²) in [6.45, 7) is 0. The van der Waals surface area contributed by atoms with E-state index in [0.717, 1.165) is 15.4 Å². The average Bonchev–Trinajstić information content (AvgIpc) is 2.39. The van der Waals surface area contributed by atoms with Gasteiger partial charge in [0.2, 0.25) is 0 Å². The number of hydrogen-bond acceptors (Lipinski definition) is 3. The monoisotopic (exact) mass is 385 g/mol. The molecule has 0 saturated carbocycles. The molecule has 0 unspecified atom stereocenters. The molecule has 4 nitrogen and oxygen atoms in total. The van der Waals surface area contributed by atoms with E-state index in [9.17, 15) is 10.1 Å². The Morgan fingerprint density at radius 3 is 2.53 bits per heavy atom. The van der Waals surface area contributed by atoms with E-state index < -0.39 is 4.92 Å². The summed E-state index contributed by atoms with van der Waals surface area (Å²) in [5, 5.41) is 11.4. The maximum absolute atomic E-state index is 10.7. The van der Waals surface area contributed by atoms with Gasteiger partial charge in [-0.15, -0.1) is 0 Å². The van der Waals surface area contributed by atoms with Crippen LogP contribution in [0.2, 0.25) is 0 Å². The van der Waals surface area contributed by atoms with E-state index in [-0.39, 0.29) is 5.69 Å². The summed E-state index contributed by atoms with van der Waals surface area (Å²) < 4.78 is 6.52. The van der Waals surface area contributed by atoms with Gasteiger partial charge in [-0.2, -0.15) is 0 Å². The highest BCUT2D eigenvalue weighted by atomic mass is 79.9. The number of rotatable bonds is 4. The van der Waals surface area contributed by atoms with Crippen LogP contribution in [0.15, 0.2) is 46.9 Å². The van der Waals surface area contributed by atoms with E-state index in [0.29, 0.717) is 11.5 Å². The van der Waals surface area contributed by atoms with Crippen molar-refractivity contribution in [2.45, 2.75) is 5.33 Å². The number of ether oxygens (including phenoxy) is 1. The number of halogens is 2. The molecule has 6 heteroatoms. The highest BCUT2D eigenvalue weighted by molar-refractivity contribution is 9.10. The van der Waals surface area contributed by atoms with Crippen LogP contribution in [0.4, 0.5) is 5.69 Å². The summed E-state index contributed by atoms with van der Waals surface area (Å²) in [5.41, 5.74) is 1.11. The number of nitro groups is 1. The molecule has 2 aromatic rings. The van der Waals surface area contributed by atoms with Crippen LogP contribution < -0.4 is 4.74 Å². The van der Waals surface area contributed by atoms with Gasteiger partial charge in [0.25, 0.3) is 5.69 Å². The smallest absolute Gasteiger partial charge is 0.273 e. The van der Waals surface area contributed by atoms with E-state index in [1.54, 1.807) is 12.1 Å². The Hall–Kier alpha value is -1.40. The summed E-state index contributed by atoms with van der Waals surface area (Å²) >= 11 is 6.82. The van der Waals surface area contributed by atoms with Crippen LogP contribution >= 0.6 is 31.9 Å². The standard InChI is InChI=1S/C13H9Br2NO3/c14-8-9-4-5-12(7-13(9)15)19-11-3-1-2-10(6-11)16(17)18/h1-7H,8H2. The summed E-state index contributed by atoms with van der Waals surface area (Å²) in [7, 11) is 0. The molecule has 0 fully saturated rings. The maximum atomic E-state index is 10.7. The van der Waals surface area contributed by atoms with Crippen LogP contribution in [0.3, 0.4) is 0 Å². The second-order valence-electron chi connectivity index (χ2n) is 3.74. The van der Waals surface area contributed by atoms with Crippen LogP contribution in [0.25, 0.3) is 0 Å². The van der Waals surface area contributed by atoms with Gasteiger partial charge in [-0.3, -0.25) is 10.1 Å². The molecule has 0 aliphatic rings. The fraction of sp³-hybridized carbons (Fsp3) is 0.0769. The number of non-ortho nitro benzene ring substituents is 1. The lowest BCUT2D eigenvalue weighted by Gasteiger charge is -2.07. The normalized spacial score (nSPS) is 10.2. The maximum Gasteiger partial charge on any atom is 0.273 e. The summed E-state index contributed by atoms with van der Waals surface area (Å²) in [6, 6.07) is 11.7. The molecule has 0 saturated heterocycles. The van der Waals surface area contributed by atoms with Gasteiger partial charge in [0.05, 0.1) is 11.0 Å². The highest BCUT2D eigenvalue weighted by Gasteiger charge is 2.08. The van der Waals surface area contributed by atoms with Gasteiger partial charge in [0, 0.05) is 15.9 Å². The van der Waals surface area contributed by atoms with E-state index >= 15 is 0 Å². The van der Waals surface area contributed by atoms with Crippen molar-refractivity contribution in [3.63, 3.8) is 0 Å². The molecule has 0 heterocycles. The number of benzene rings is 2. The van der Waals surface area contributed by atoms with Crippen LogP contribution in [-0.2, 0) is 5.33 Å². The van der Waals surface area contributed by atoms with Crippen molar-refractivity contribution in [3.8, 4) is 11.5 Å². The molecule has 0 radical (unpaired) electrons. The Labute approximate surface area is 126 Å². The third-order valence-electron chi connectivity index (χ3n) is 2.43. The molecule has 0 aliphatic carbocycles. The van der Waals surface area contributed by atoms with E-state index in [1.807, 2.05) is 18.2 Å². The molecule has 98 valence electrons. The number of nitrogens with zero attached hydrogens (tertiary/aromatic N) is 1. The van der Waals surface area contributed by atoms with Crippen molar-refractivity contribution >= 4 is 37.5 Å². The Morgan fingerprint density at radius 2 is 1.89 bits per heavy atom. The Balaban J connectivity index is 2.23. The fourth-order valence-electron chi connectivity index (χ4n) is 1.50. The average molecular weight is 387 g/mol. The van der Waals surface area contributed by atoms with Gasteiger partial charge in [-0.05, 0) is 23.8 Å². The molecule has 0 aromatic heterocycles. The van der Waals surface area contributed by atoms with Gasteiger partial charge in [-0.1, -0.05) is 44.0 Å². The molecule has 0 atom stereocenters. The molecule has 0 bridgehead atoms. The number of hydrogen-bond donors (Lipinski definition) is 0. The molecule has 2 aromatic carbocycles. The van der Waals surface area contributed by atoms with Crippen LogP contribution in [0.5, 0.6) is 11.5 Å². The Kier molecular flexibility index (Phi) is 4.55. The zero-order valence-electron chi connectivity index (χ0n) is 9.68. The van der Waals surface area contributed by atoms with Crippen LogP contribution in [0.1, 0.15) is 5.56 Å². The van der Waals surface area contributed by atoms with Crippen molar-refractivity contribution < 1.29 is 9.66 Å². The molecular weight excluding hydrogens is 378 g/mol. The third kappa shape index (κ3) is 3.54. The van der Waals surface area contributed by atoms with Gasteiger partial charge >= 0.3 is 0 Å². The van der Waals surface area contributed by atoms with Crippen LogP contribution in [-0.4, -0.2) is 4.92 Å². The molecule has 0 amide bonds. The van der Waals surface area contributed by atoms with Crippen molar-refractivity contribution in [2.75, 3.05) is 0 Å². The van der Waals surface area contributed by atoms with E-state index in [2.05, 4.69) is 31.9 Å². The van der Waals surface area contributed by atoms with Gasteiger partial charge in [0.15, 0.2) is 0 Å². The Morgan fingerprint density at radius 1 is 1.16 bits per heavy atom. The minimum Gasteiger partial charge on any atom is -0.457 e. The molecule has 0 spiro atoms. The molecule has 2 rings (SSSR count). The van der Waals surface area contributed by atoms with Crippen LogP contribution in [0, 0.1) is 10.1 Å². The molecular formula is C13H9Br2NO3. The van der Waals surface area contributed by atoms with E-state index in [1.165, 1.54) is 12.1 Å². The van der Waals surface area contributed by atoms with Gasteiger partial charge < -0.3 is 4.74 Å². The lowest BCUT2D eigenvalue weighted by atomic mass is 10.2. The zero-order chi connectivity index (χ0) is 13.8. The predicted octanol–water partition coefficient (Wildman–Crippen LogP) is 5.04. The highest BCUT2D eigenvalue weighted by Crippen LogP contribution is 2.29. The van der Waals surface area contributed by atoms with Crippen molar-refractivity contribution in [2.24, 2.45) is 0 Å². The molecule has 0 aliphatic heterocycles.